The monoisotopic (exact) mass is 422 g/mol. The van der Waals surface area contributed by atoms with Crippen molar-refractivity contribution in [1.29, 1.82) is 0 Å². The van der Waals surface area contributed by atoms with Gasteiger partial charge in [0, 0.05) is 5.69 Å². The van der Waals surface area contributed by atoms with Gasteiger partial charge in [-0.25, -0.2) is 0 Å². The van der Waals surface area contributed by atoms with Crippen molar-refractivity contribution in [3.05, 3.63) is 76.7 Å². The van der Waals surface area contributed by atoms with E-state index in [1.54, 1.807) is 30.3 Å². The van der Waals surface area contributed by atoms with Crippen LogP contribution in [0.2, 0.25) is 0 Å². The van der Waals surface area contributed by atoms with E-state index in [1.165, 1.54) is 0 Å². The molecule has 0 spiro atoms. The summed E-state index contributed by atoms with van der Waals surface area (Å²) in [4.78, 5) is 38.4. The second-order valence-electron chi connectivity index (χ2n) is 6.57. The number of benzene rings is 2. The third-order valence-electron chi connectivity index (χ3n) is 4.18. The van der Waals surface area contributed by atoms with Gasteiger partial charge in [0.1, 0.15) is 12.3 Å². The van der Waals surface area contributed by atoms with Gasteiger partial charge in [-0.1, -0.05) is 36.4 Å². The van der Waals surface area contributed by atoms with Crippen LogP contribution < -0.4 is 10.1 Å². The van der Waals surface area contributed by atoms with Crippen molar-refractivity contribution < 1.29 is 19.1 Å². The molecule has 0 aliphatic carbocycles. The first-order valence-electron chi connectivity index (χ1n) is 9.47. The van der Waals surface area contributed by atoms with E-state index in [0.717, 1.165) is 27.8 Å². The van der Waals surface area contributed by atoms with Crippen molar-refractivity contribution in [3.8, 4) is 5.75 Å². The second kappa shape index (κ2) is 9.93. The number of carbonyl (C=O) groups excluding carboxylic acids is 3. The van der Waals surface area contributed by atoms with Crippen LogP contribution in [0.5, 0.6) is 5.75 Å². The van der Waals surface area contributed by atoms with Crippen LogP contribution in [0.25, 0.3) is 6.08 Å². The van der Waals surface area contributed by atoms with Crippen LogP contribution in [-0.2, 0) is 9.59 Å². The standard InChI is InChI=1S/C23H22N2O4S/c1-3-29-19-11-9-18(10-12-19)24-21(26)15-25-22(27)20(30-23(25)28)14-16(2)13-17-7-5-4-6-8-17/h4-14H,3,15H2,1-2H3,(H,24,26)/b16-13+,20-14+. The zero-order valence-corrected chi connectivity index (χ0v) is 17.6. The number of anilines is 1. The fraction of sp³-hybridized carbons (Fsp3) is 0.174. The summed E-state index contributed by atoms with van der Waals surface area (Å²) in [6.45, 7) is 3.97. The third-order valence-corrected chi connectivity index (χ3v) is 5.08. The first kappa shape index (κ1) is 21.4. The Bertz CT molecular complexity index is 998. The van der Waals surface area contributed by atoms with Crippen LogP contribution in [0.15, 0.2) is 71.2 Å². The van der Waals surface area contributed by atoms with E-state index in [0.29, 0.717) is 22.9 Å². The highest BCUT2D eigenvalue weighted by Gasteiger charge is 2.36. The van der Waals surface area contributed by atoms with Gasteiger partial charge in [-0.2, -0.15) is 0 Å². The van der Waals surface area contributed by atoms with E-state index in [4.69, 9.17) is 4.74 Å². The number of allylic oxidation sites excluding steroid dienone is 2. The molecule has 7 heteroatoms. The summed E-state index contributed by atoms with van der Waals surface area (Å²) < 4.78 is 5.36. The van der Waals surface area contributed by atoms with Gasteiger partial charge in [0.25, 0.3) is 11.1 Å². The van der Waals surface area contributed by atoms with Gasteiger partial charge in [0.2, 0.25) is 5.91 Å². The molecule has 30 heavy (non-hydrogen) atoms. The molecule has 3 amide bonds. The first-order chi connectivity index (χ1) is 14.5. The maximum atomic E-state index is 12.6. The molecule has 1 N–H and O–H groups in total. The lowest BCUT2D eigenvalue weighted by Crippen LogP contribution is -2.36. The van der Waals surface area contributed by atoms with E-state index in [9.17, 15) is 14.4 Å². The average Bonchev–Trinajstić information content (AvgIpc) is 2.97. The molecular weight excluding hydrogens is 400 g/mol. The quantitative estimate of drug-likeness (QED) is 0.654. The predicted molar refractivity (Wildman–Crippen MR) is 119 cm³/mol. The summed E-state index contributed by atoms with van der Waals surface area (Å²) in [6.07, 6.45) is 3.59. The number of amides is 3. The van der Waals surface area contributed by atoms with Gasteiger partial charge in [0.15, 0.2) is 0 Å². The maximum Gasteiger partial charge on any atom is 0.294 e. The normalized spacial score (nSPS) is 15.6. The van der Waals surface area contributed by atoms with Crippen LogP contribution in [0.4, 0.5) is 10.5 Å². The van der Waals surface area contributed by atoms with Gasteiger partial charge in [0.05, 0.1) is 11.5 Å². The summed E-state index contributed by atoms with van der Waals surface area (Å²) in [5.74, 6) is -0.211. The second-order valence-corrected chi connectivity index (χ2v) is 7.57. The zero-order chi connectivity index (χ0) is 21.5. The number of hydrogen-bond acceptors (Lipinski definition) is 5. The molecule has 154 valence electrons. The van der Waals surface area contributed by atoms with Crippen LogP contribution in [0, 0.1) is 0 Å². The molecule has 0 unspecified atom stereocenters. The van der Waals surface area contributed by atoms with Crippen molar-refractivity contribution in [1.82, 2.24) is 4.90 Å². The van der Waals surface area contributed by atoms with E-state index in [-0.39, 0.29) is 6.54 Å². The molecule has 1 heterocycles. The summed E-state index contributed by atoms with van der Waals surface area (Å²) >= 11 is 0.838. The van der Waals surface area contributed by atoms with Crippen molar-refractivity contribution in [2.24, 2.45) is 0 Å². The average molecular weight is 423 g/mol. The van der Waals surface area contributed by atoms with Gasteiger partial charge in [-0.3, -0.25) is 19.3 Å². The molecule has 0 saturated carbocycles. The van der Waals surface area contributed by atoms with E-state index >= 15 is 0 Å². The molecule has 0 radical (unpaired) electrons. The Hall–Kier alpha value is -3.32. The molecule has 3 rings (SSSR count). The number of hydrogen-bond donors (Lipinski definition) is 1. The molecule has 1 fully saturated rings. The predicted octanol–water partition coefficient (Wildman–Crippen LogP) is 4.71. The molecule has 2 aromatic rings. The fourth-order valence-corrected chi connectivity index (χ4v) is 3.73. The minimum atomic E-state index is -0.465. The number of rotatable bonds is 7. The lowest BCUT2D eigenvalue weighted by Gasteiger charge is -2.12. The highest BCUT2D eigenvalue weighted by atomic mass is 32.2. The molecule has 1 saturated heterocycles. The highest BCUT2D eigenvalue weighted by Crippen LogP contribution is 2.31. The Morgan fingerprint density at radius 2 is 1.80 bits per heavy atom. The molecular formula is C23H22N2O4S. The van der Waals surface area contributed by atoms with Crippen LogP contribution in [-0.4, -0.2) is 35.1 Å². The van der Waals surface area contributed by atoms with Crippen molar-refractivity contribution >= 4 is 40.6 Å². The van der Waals surface area contributed by atoms with Gasteiger partial charge in [-0.05, 0) is 67.1 Å². The van der Waals surface area contributed by atoms with Crippen molar-refractivity contribution in [2.45, 2.75) is 13.8 Å². The Morgan fingerprint density at radius 1 is 1.10 bits per heavy atom. The zero-order valence-electron chi connectivity index (χ0n) is 16.8. The minimum absolute atomic E-state index is 0.304. The summed E-state index contributed by atoms with van der Waals surface area (Å²) in [6, 6.07) is 16.6. The lowest BCUT2D eigenvalue weighted by atomic mass is 10.1. The summed E-state index contributed by atoms with van der Waals surface area (Å²) in [5, 5.41) is 2.23. The molecule has 1 aliphatic heterocycles. The maximum absolute atomic E-state index is 12.6. The van der Waals surface area contributed by atoms with Crippen molar-refractivity contribution in [2.75, 3.05) is 18.5 Å². The number of thioether (sulfide) groups is 1. The molecule has 1 aliphatic rings. The number of imide groups is 1. The minimum Gasteiger partial charge on any atom is -0.494 e. The number of carbonyl (C=O) groups is 3. The van der Waals surface area contributed by atoms with Crippen LogP contribution >= 0.6 is 11.8 Å². The number of nitrogens with one attached hydrogen (secondary N) is 1. The fourth-order valence-electron chi connectivity index (χ4n) is 2.84. The molecule has 2 aromatic carbocycles. The van der Waals surface area contributed by atoms with Gasteiger partial charge < -0.3 is 10.1 Å². The van der Waals surface area contributed by atoms with E-state index in [2.05, 4.69) is 5.32 Å². The van der Waals surface area contributed by atoms with E-state index < -0.39 is 17.1 Å². The molecule has 0 bridgehead atoms. The summed E-state index contributed by atoms with van der Waals surface area (Å²) in [5.41, 5.74) is 2.40. The number of nitrogens with zero attached hydrogens (tertiary/aromatic N) is 1. The third kappa shape index (κ3) is 5.61. The van der Waals surface area contributed by atoms with Crippen LogP contribution in [0.1, 0.15) is 19.4 Å². The lowest BCUT2D eigenvalue weighted by molar-refractivity contribution is -0.127. The first-order valence-corrected chi connectivity index (χ1v) is 10.3. The highest BCUT2D eigenvalue weighted by molar-refractivity contribution is 8.18. The number of ether oxygens (including phenoxy) is 1. The van der Waals surface area contributed by atoms with E-state index in [1.807, 2.05) is 50.3 Å². The van der Waals surface area contributed by atoms with Crippen LogP contribution in [0.3, 0.4) is 0 Å². The Kier molecular flexibility index (Phi) is 7.08. The SMILES string of the molecule is CCOc1ccc(NC(=O)CN2C(=O)S/C(=C/C(C)=C/c3ccccc3)C2=O)cc1. The molecule has 0 atom stereocenters. The largest absolute Gasteiger partial charge is 0.494 e. The Morgan fingerprint density at radius 3 is 2.47 bits per heavy atom. The van der Waals surface area contributed by atoms with Gasteiger partial charge in [-0.15, -0.1) is 0 Å². The molecule has 0 aromatic heterocycles. The van der Waals surface area contributed by atoms with Crippen molar-refractivity contribution in [3.63, 3.8) is 0 Å². The Labute approximate surface area is 179 Å². The topological polar surface area (TPSA) is 75.7 Å². The summed E-state index contributed by atoms with van der Waals surface area (Å²) in [7, 11) is 0. The smallest absolute Gasteiger partial charge is 0.294 e. The van der Waals surface area contributed by atoms with Gasteiger partial charge >= 0.3 is 0 Å². The molecule has 6 nitrogen and oxygen atoms in total. The Balaban J connectivity index is 1.63.